The fourth-order valence-corrected chi connectivity index (χ4v) is 15.3. The van der Waals surface area contributed by atoms with Gasteiger partial charge in [-0.3, -0.25) is 0 Å². The second-order valence-corrected chi connectivity index (χ2v) is 29.8. The van der Waals surface area contributed by atoms with Crippen LogP contribution in [0.5, 0.6) is 0 Å². The van der Waals surface area contributed by atoms with Gasteiger partial charge >= 0.3 is 7.12 Å². The molecule has 0 spiro atoms. The molecule has 2 aliphatic carbocycles. The molecule has 0 amide bonds. The van der Waals surface area contributed by atoms with Gasteiger partial charge in [-0.05, 0) is 162 Å². The van der Waals surface area contributed by atoms with Crippen molar-refractivity contribution >= 4 is 72.4 Å². The third kappa shape index (κ3) is 11.5. The number of hydrogen-bond donors (Lipinski definition) is 0. The Morgan fingerprint density at radius 1 is 0.275 bits per heavy atom. The van der Waals surface area contributed by atoms with E-state index in [0.29, 0.717) is 5.82 Å². The van der Waals surface area contributed by atoms with Crippen molar-refractivity contribution in [3.8, 4) is 101 Å². The fourth-order valence-electron chi connectivity index (χ4n) is 14.9. The Morgan fingerprint density at radius 3 is 1.13 bits per heavy atom. The lowest BCUT2D eigenvalue weighted by atomic mass is 9.78. The van der Waals surface area contributed by atoms with E-state index < -0.39 is 0 Å². The van der Waals surface area contributed by atoms with Gasteiger partial charge in [0.15, 0.2) is 11.6 Å². The van der Waals surface area contributed by atoms with E-state index in [1.807, 2.05) is 109 Å². The predicted molar refractivity (Wildman–Crippen MR) is 422 cm³/mol. The van der Waals surface area contributed by atoms with E-state index in [9.17, 15) is 0 Å². The van der Waals surface area contributed by atoms with Gasteiger partial charge in [0.1, 0.15) is 22.3 Å². The van der Waals surface area contributed by atoms with Gasteiger partial charge in [0.05, 0.1) is 34.0 Å². The molecule has 0 saturated carbocycles. The van der Waals surface area contributed by atoms with Gasteiger partial charge in [-0.2, -0.15) is 0 Å². The topological polar surface area (TPSA) is 96.3 Å². The fraction of sp³-hybridized carbons (Fsp3) is 0.130. The highest BCUT2D eigenvalue weighted by atomic mass is 79.9. The van der Waals surface area contributed by atoms with Crippen molar-refractivity contribution in [3.05, 3.63) is 318 Å². The lowest BCUT2D eigenvalue weighted by Gasteiger charge is -2.32. The van der Waals surface area contributed by atoms with Crippen LogP contribution in [0.2, 0.25) is 0 Å². The summed E-state index contributed by atoms with van der Waals surface area (Å²) in [4.78, 5) is 19.6. The van der Waals surface area contributed by atoms with Gasteiger partial charge < -0.3 is 18.1 Å². The van der Waals surface area contributed by atoms with Crippen LogP contribution >= 0.6 is 15.9 Å². The molecule has 10 heteroatoms. The first-order valence-corrected chi connectivity index (χ1v) is 35.6. The number of hydrogen-bond acceptors (Lipinski definition) is 8. The zero-order chi connectivity index (χ0) is 69.7. The van der Waals surface area contributed by atoms with Crippen molar-refractivity contribution in [2.24, 2.45) is 0 Å². The van der Waals surface area contributed by atoms with E-state index >= 15 is 0 Å². The maximum atomic E-state index is 6.45. The molecule has 12 aromatic carbocycles. The summed E-state index contributed by atoms with van der Waals surface area (Å²) in [6.45, 7) is 17.5. The number of nitrogens with zero attached hydrogens (tertiary/aromatic N) is 4. The maximum Gasteiger partial charge on any atom is 0.494 e. The largest absolute Gasteiger partial charge is 0.494 e. The summed E-state index contributed by atoms with van der Waals surface area (Å²) in [6.07, 6.45) is 0. The van der Waals surface area contributed by atoms with Gasteiger partial charge in [0, 0.05) is 70.2 Å². The van der Waals surface area contributed by atoms with Crippen LogP contribution in [0.4, 0.5) is 0 Å². The first kappa shape index (κ1) is 64.3. The molecule has 102 heavy (non-hydrogen) atoms. The quantitative estimate of drug-likeness (QED) is 0.139. The van der Waals surface area contributed by atoms with Crippen LogP contribution in [0.25, 0.3) is 145 Å². The zero-order valence-electron chi connectivity index (χ0n) is 58.1. The molecule has 0 atom stereocenters. The minimum absolute atomic E-state index is 0.0348. The van der Waals surface area contributed by atoms with Gasteiger partial charge in [-0.15, -0.1) is 0 Å². The van der Waals surface area contributed by atoms with E-state index in [0.717, 1.165) is 127 Å². The van der Waals surface area contributed by atoms with E-state index in [2.05, 4.69) is 253 Å². The Labute approximate surface area is 603 Å². The van der Waals surface area contributed by atoms with E-state index in [1.54, 1.807) is 0 Å². The lowest BCUT2D eigenvalue weighted by molar-refractivity contribution is 0.00578. The maximum absolute atomic E-state index is 6.45. The normalized spacial score (nSPS) is 14.7. The summed E-state index contributed by atoms with van der Waals surface area (Å²) < 4.78 is 26.3. The summed E-state index contributed by atoms with van der Waals surface area (Å²) in [5.74, 6) is 1.45. The molecule has 1 saturated heterocycles. The zero-order valence-corrected chi connectivity index (χ0v) is 59.7. The Kier molecular flexibility index (Phi) is 15.9. The Balaban J connectivity index is 0.000000120. The summed E-state index contributed by atoms with van der Waals surface area (Å²) >= 11 is 3.54. The monoisotopic (exact) mass is 1390 g/mol. The van der Waals surface area contributed by atoms with Crippen LogP contribution in [0.15, 0.2) is 304 Å². The van der Waals surface area contributed by atoms with Crippen molar-refractivity contribution in [1.82, 2.24) is 19.9 Å². The molecule has 0 bridgehead atoms. The Hall–Kier alpha value is -11.1. The molecule has 494 valence electrons. The van der Waals surface area contributed by atoms with Crippen molar-refractivity contribution in [2.75, 3.05) is 0 Å². The van der Waals surface area contributed by atoms with Crippen molar-refractivity contribution in [1.29, 1.82) is 0 Å². The van der Waals surface area contributed by atoms with E-state index in [4.69, 9.17) is 38.1 Å². The minimum atomic E-state index is -0.381. The van der Waals surface area contributed by atoms with E-state index in [1.165, 1.54) is 44.5 Å². The molecule has 5 heterocycles. The van der Waals surface area contributed by atoms with Gasteiger partial charge in [-0.1, -0.05) is 262 Å². The molecule has 19 rings (SSSR count). The van der Waals surface area contributed by atoms with E-state index in [-0.39, 0.29) is 29.2 Å². The molecular formula is C92H72BBrN4O4. The summed E-state index contributed by atoms with van der Waals surface area (Å²) in [7, 11) is -0.381. The lowest BCUT2D eigenvalue weighted by Crippen LogP contribution is -2.41. The number of aromatic nitrogens is 4. The minimum Gasteiger partial charge on any atom is -0.456 e. The summed E-state index contributed by atoms with van der Waals surface area (Å²) in [5, 5.41) is 4.52. The van der Waals surface area contributed by atoms with Crippen LogP contribution in [0.3, 0.4) is 0 Å². The van der Waals surface area contributed by atoms with Crippen LogP contribution in [-0.4, -0.2) is 38.3 Å². The van der Waals surface area contributed by atoms with Crippen molar-refractivity contribution in [3.63, 3.8) is 0 Å². The predicted octanol–water partition coefficient (Wildman–Crippen LogP) is 23.8. The number of halogens is 1. The van der Waals surface area contributed by atoms with Gasteiger partial charge in [-0.25, -0.2) is 19.9 Å². The molecule has 1 aliphatic heterocycles. The molecule has 0 radical (unpaired) electrons. The molecule has 4 aromatic heterocycles. The third-order valence-corrected chi connectivity index (χ3v) is 21.7. The van der Waals surface area contributed by atoms with Gasteiger partial charge in [0.25, 0.3) is 0 Å². The molecular weight excluding hydrogens is 1320 g/mol. The van der Waals surface area contributed by atoms with Gasteiger partial charge in [0.2, 0.25) is 0 Å². The smallest absolute Gasteiger partial charge is 0.456 e. The highest BCUT2D eigenvalue weighted by Crippen LogP contribution is 2.53. The summed E-state index contributed by atoms with van der Waals surface area (Å²) in [6, 6.07) is 101. The second kappa shape index (κ2) is 25.2. The number of fused-ring (bicyclic) bond motifs is 12. The molecule has 1 fully saturated rings. The first-order valence-electron chi connectivity index (χ1n) is 34.8. The van der Waals surface area contributed by atoms with Crippen LogP contribution in [-0.2, 0) is 20.1 Å². The van der Waals surface area contributed by atoms with Crippen LogP contribution in [0, 0.1) is 0 Å². The number of rotatable bonds is 8. The molecule has 0 unspecified atom stereocenters. The molecule has 0 N–H and O–H groups in total. The van der Waals surface area contributed by atoms with Crippen LogP contribution < -0.4 is 5.46 Å². The van der Waals surface area contributed by atoms with Crippen molar-refractivity contribution < 1.29 is 18.1 Å². The highest BCUT2D eigenvalue weighted by Gasteiger charge is 2.52. The van der Waals surface area contributed by atoms with Crippen molar-refractivity contribution in [2.45, 2.75) is 77.4 Å². The third-order valence-electron chi connectivity index (χ3n) is 21.2. The first-order chi connectivity index (χ1) is 49.4. The number of furan rings is 2. The second-order valence-electron chi connectivity index (χ2n) is 28.9. The Bertz CT molecular complexity index is 5800. The Morgan fingerprint density at radius 2 is 0.647 bits per heavy atom. The highest BCUT2D eigenvalue weighted by molar-refractivity contribution is 9.10. The molecule has 16 aromatic rings. The number of benzene rings is 12. The molecule has 8 nitrogen and oxygen atoms in total. The SMILES string of the molecule is Brc1cccc(-c2cc(-c3ccccc3)nc(-c3ccccc3)n2)c1.CC1(C)c2ccccc2-c2cc3c(cc21)oc1ccc(-c2cccc(-c4cc(-c5ccccc5)nc(-c5ccccc5)n4)c2)cc13.CC1(C)c2ccccc2-c2cc3c(cc21)oc1ccc(B2OC(C)(C)C(C)(C)O2)cc13. The molecule has 3 aliphatic rings. The average molecular weight is 1390 g/mol. The average Bonchev–Trinajstić information content (AvgIpc) is 1.57. The van der Waals surface area contributed by atoms with Crippen LogP contribution in [0.1, 0.15) is 77.6 Å². The summed E-state index contributed by atoms with van der Waals surface area (Å²) in [5.41, 5.74) is 26.6. The standard InChI is InChI=1S/C43H30N2O.C27H27BO3.C22H15BrN2/c1-43(2)36-19-10-9-18-32(36)33-24-35-34-23-30(20-21-40(34)46-41(35)25-37(33)43)29-16-11-17-31(22-29)39-26-38(27-12-5-3-6-13-27)44-42(45-39)28-14-7-4-8-15-28;1-25(2)21-10-8-7-9-17(21)18-14-20-19-13-16(28-30-26(3,4)27(5,6)31-28)11-12-23(19)29-24(20)15-22(18)25;23-19-13-7-12-18(14-19)21-15-20(16-8-3-1-4-9-16)24-22(25-21)17-10-5-2-6-11-17/h3-26H,1-2H3;7-15H,1-6H3;1-15H.